The van der Waals surface area contributed by atoms with Crippen molar-refractivity contribution in [3.05, 3.63) is 28.3 Å². The van der Waals surface area contributed by atoms with Crippen LogP contribution in [-0.4, -0.2) is 48.6 Å². The first-order chi connectivity index (χ1) is 9.17. The van der Waals surface area contributed by atoms with Crippen LogP contribution in [0.2, 0.25) is 0 Å². The smallest absolute Gasteiger partial charge is 0.271 e. The Morgan fingerprint density at radius 2 is 2.05 bits per heavy atom. The van der Waals surface area contributed by atoms with Gasteiger partial charge in [0.05, 0.1) is 17.6 Å². The van der Waals surface area contributed by atoms with Crippen molar-refractivity contribution in [1.82, 2.24) is 4.31 Å². The molecule has 0 aliphatic carbocycles. The van der Waals surface area contributed by atoms with Crippen LogP contribution in [-0.2, 0) is 10.0 Å². The molecule has 0 spiro atoms. The fourth-order valence-electron chi connectivity index (χ4n) is 2.00. The lowest BCUT2D eigenvalue weighted by Gasteiger charge is -2.42. The van der Waals surface area contributed by atoms with Gasteiger partial charge in [0.2, 0.25) is 10.0 Å². The molecule has 9 heteroatoms. The molecule has 1 N–H and O–H groups in total. The average molecular weight is 302 g/mol. The van der Waals surface area contributed by atoms with Crippen LogP contribution in [0.25, 0.3) is 0 Å². The Labute approximate surface area is 115 Å². The van der Waals surface area contributed by atoms with Crippen LogP contribution >= 0.6 is 0 Å². The van der Waals surface area contributed by atoms with E-state index in [-0.39, 0.29) is 29.4 Å². The molecule has 2 rings (SSSR count). The molecule has 1 fully saturated rings. The number of hydrogen-bond donors (Lipinski definition) is 1. The largest absolute Gasteiger partial charge is 0.495 e. The second-order valence-electron chi connectivity index (χ2n) is 4.86. The lowest BCUT2D eigenvalue weighted by atomic mass is 10.0. The molecule has 8 nitrogen and oxygen atoms in total. The van der Waals surface area contributed by atoms with E-state index < -0.39 is 20.5 Å². The lowest BCUT2D eigenvalue weighted by Crippen LogP contribution is -2.61. The van der Waals surface area contributed by atoms with Crippen molar-refractivity contribution in [2.45, 2.75) is 17.4 Å². The summed E-state index contributed by atoms with van der Waals surface area (Å²) >= 11 is 0. The molecule has 0 aromatic heterocycles. The maximum Gasteiger partial charge on any atom is 0.271 e. The number of nitro groups is 1. The summed E-state index contributed by atoms with van der Waals surface area (Å²) in [7, 11) is -2.64. The van der Waals surface area contributed by atoms with Gasteiger partial charge < -0.3 is 9.84 Å². The first-order valence-electron chi connectivity index (χ1n) is 5.72. The van der Waals surface area contributed by atoms with E-state index >= 15 is 0 Å². The molecule has 0 amide bonds. The van der Waals surface area contributed by atoms with Gasteiger partial charge >= 0.3 is 0 Å². The van der Waals surface area contributed by atoms with E-state index in [1.54, 1.807) is 0 Å². The molecule has 110 valence electrons. The normalized spacial score (nSPS) is 18.4. The van der Waals surface area contributed by atoms with Crippen molar-refractivity contribution < 1.29 is 23.2 Å². The quantitative estimate of drug-likeness (QED) is 0.635. The van der Waals surface area contributed by atoms with E-state index in [0.717, 1.165) is 10.4 Å². The molecule has 1 heterocycles. The Bertz CT molecular complexity index is 647. The first-order valence-corrected chi connectivity index (χ1v) is 7.16. The number of ether oxygens (including phenoxy) is 1. The molecule has 1 aromatic rings. The van der Waals surface area contributed by atoms with Crippen LogP contribution < -0.4 is 4.74 Å². The van der Waals surface area contributed by atoms with Crippen LogP contribution in [0, 0.1) is 10.1 Å². The van der Waals surface area contributed by atoms with Crippen molar-refractivity contribution in [3.63, 3.8) is 0 Å². The summed E-state index contributed by atoms with van der Waals surface area (Å²) < 4.78 is 30.7. The number of rotatable bonds is 4. The van der Waals surface area contributed by atoms with Gasteiger partial charge in [0.25, 0.3) is 5.69 Å². The number of β-amino-alcohol motifs (C(OH)–C–C–N with tert-alkyl or cyclic N) is 1. The number of benzene rings is 1. The van der Waals surface area contributed by atoms with E-state index in [1.807, 2.05) is 0 Å². The van der Waals surface area contributed by atoms with Crippen molar-refractivity contribution in [3.8, 4) is 5.75 Å². The van der Waals surface area contributed by atoms with Crippen LogP contribution in [0.5, 0.6) is 5.75 Å². The van der Waals surface area contributed by atoms with Crippen LogP contribution in [0.15, 0.2) is 23.1 Å². The second-order valence-corrected chi connectivity index (χ2v) is 6.77. The molecule has 0 unspecified atom stereocenters. The summed E-state index contributed by atoms with van der Waals surface area (Å²) in [4.78, 5) is 9.80. The van der Waals surface area contributed by atoms with Crippen molar-refractivity contribution in [2.75, 3.05) is 20.2 Å². The van der Waals surface area contributed by atoms with E-state index in [1.165, 1.54) is 26.2 Å². The third-order valence-electron chi connectivity index (χ3n) is 3.01. The van der Waals surface area contributed by atoms with Gasteiger partial charge in [-0.3, -0.25) is 10.1 Å². The van der Waals surface area contributed by atoms with E-state index in [0.29, 0.717) is 0 Å². The van der Waals surface area contributed by atoms with Crippen molar-refractivity contribution in [1.29, 1.82) is 0 Å². The summed E-state index contributed by atoms with van der Waals surface area (Å²) in [6.45, 7) is 1.41. The highest BCUT2D eigenvalue weighted by Gasteiger charge is 2.45. The number of non-ortho nitro benzene ring substituents is 1. The van der Waals surface area contributed by atoms with Crippen LogP contribution in [0.4, 0.5) is 5.69 Å². The van der Waals surface area contributed by atoms with Gasteiger partial charge in [0, 0.05) is 25.2 Å². The van der Waals surface area contributed by atoms with Crippen molar-refractivity contribution in [2.24, 2.45) is 0 Å². The fraction of sp³-hybridized carbons (Fsp3) is 0.455. The monoisotopic (exact) mass is 302 g/mol. The molecule has 1 aliphatic heterocycles. The minimum absolute atomic E-state index is 0.0298. The standard InChI is InChI=1S/C11H14N2O6S/c1-11(14)6-12(7-11)20(17,18)10-5-8(13(15)16)3-4-9(10)19-2/h3-5,14H,6-7H2,1-2H3. The molecule has 20 heavy (non-hydrogen) atoms. The lowest BCUT2D eigenvalue weighted by molar-refractivity contribution is -0.385. The maximum atomic E-state index is 12.4. The summed E-state index contributed by atoms with van der Waals surface area (Å²) in [5, 5.41) is 20.4. The number of hydrogen-bond acceptors (Lipinski definition) is 6. The van der Waals surface area contributed by atoms with Gasteiger partial charge in [-0.2, -0.15) is 4.31 Å². The Balaban J connectivity index is 2.45. The molecule has 1 saturated heterocycles. The average Bonchev–Trinajstić information content (AvgIpc) is 2.34. The molecule has 1 aromatic carbocycles. The van der Waals surface area contributed by atoms with E-state index in [9.17, 15) is 23.6 Å². The number of nitrogens with zero attached hydrogens (tertiary/aromatic N) is 2. The molecular weight excluding hydrogens is 288 g/mol. The van der Waals surface area contributed by atoms with Crippen LogP contribution in [0.3, 0.4) is 0 Å². The van der Waals surface area contributed by atoms with Crippen molar-refractivity contribution >= 4 is 15.7 Å². The summed E-state index contributed by atoms with van der Waals surface area (Å²) in [5.74, 6) is 0.0298. The SMILES string of the molecule is COc1ccc([N+](=O)[O-])cc1S(=O)(=O)N1CC(C)(O)C1. The highest BCUT2D eigenvalue weighted by Crippen LogP contribution is 2.34. The van der Waals surface area contributed by atoms with E-state index in [2.05, 4.69) is 0 Å². The molecule has 1 aliphatic rings. The summed E-state index contributed by atoms with van der Waals surface area (Å²) in [5.41, 5.74) is -1.40. The minimum atomic E-state index is -3.93. The predicted octanol–water partition coefficient (Wildman–Crippen LogP) is 0.359. The maximum absolute atomic E-state index is 12.4. The number of aliphatic hydroxyl groups is 1. The zero-order valence-corrected chi connectivity index (χ0v) is 11.8. The van der Waals surface area contributed by atoms with E-state index in [4.69, 9.17) is 4.74 Å². The Morgan fingerprint density at radius 3 is 2.50 bits per heavy atom. The molecule has 0 bridgehead atoms. The highest BCUT2D eigenvalue weighted by molar-refractivity contribution is 7.89. The van der Waals surface area contributed by atoms with Crippen LogP contribution in [0.1, 0.15) is 6.92 Å². The van der Waals surface area contributed by atoms with Gasteiger partial charge in [-0.15, -0.1) is 0 Å². The zero-order valence-electron chi connectivity index (χ0n) is 10.9. The number of methoxy groups -OCH3 is 1. The summed E-state index contributed by atoms with van der Waals surface area (Å²) in [6.07, 6.45) is 0. The van der Waals surface area contributed by atoms with Gasteiger partial charge in [0.1, 0.15) is 10.6 Å². The second kappa shape index (κ2) is 4.69. The third kappa shape index (κ3) is 2.47. The van der Waals surface area contributed by atoms with Gasteiger partial charge in [-0.25, -0.2) is 8.42 Å². The first kappa shape index (κ1) is 14.7. The molecule has 0 saturated carbocycles. The van der Waals surface area contributed by atoms with Gasteiger partial charge in [-0.05, 0) is 13.0 Å². The van der Waals surface area contributed by atoms with Gasteiger partial charge in [0.15, 0.2) is 0 Å². The summed E-state index contributed by atoms with van der Waals surface area (Å²) in [6, 6.07) is 3.37. The Morgan fingerprint density at radius 1 is 1.45 bits per heavy atom. The number of sulfonamides is 1. The number of nitro benzene ring substituents is 1. The molecule has 0 atom stereocenters. The topological polar surface area (TPSA) is 110 Å². The van der Waals surface area contributed by atoms with Gasteiger partial charge in [-0.1, -0.05) is 0 Å². The Hall–Kier alpha value is -1.71. The fourth-order valence-corrected chi connectivity index (χ4v) is 3.85. The highest BCUT2D eigenvalue weighted by atomic mass is 32.2. The predicted molar refractivity (Wildman–Crippen MR) is 69.0 cm³/mol. The zero-order chi connectivity index (χ0) is 15.1. The molecular formula is C11H14N2O6S. The third-order valence-corrected chi connectivity index (χ3v) is 4.82. The molecule has 0 radical (unpaired) electrons. The Kier molecular flexibility index (Phi) is 3.44. The minimum Gasteiger partial charge on any atom is -0.495 e.